The number of carboxylic acid groups (broad SMARTS) is 2. The van der Waals surface area contributed by atoms with E-state index in [1.807, 2.05) is 48.5 Å². The van der Waals surface area contributed by atoms with Gasteiger partial charge in [0.05, 0.1) is 10.2 Å². The largest absolute Gasteiger partial charge is 0.481 e. The van der Waals surface area contributed by atoms with Crippen molar-refractivity contribution in [3.05, 3.63) is 54.1 Å². The maximum atomic E-state index is 12.7. The van der Waals surface area contributed by atoms with E-state index < -0.39 is 54.6 Å². The van der Waals surface area contributed by atoms with Gasteiger partial charge in [-0.15, -0.1) is 11.3 Å². The van der Waals surface area contributed by atoms with Crippen LogP contribution in [0.2, 0.25) is 0 Å². The summed E-state index contributed by atoms with van der Waals surface area (Å²) in [6, 6.07) is 13.0. The van der Waals surface area contributed by atoms with E-state index in [-0.39, 0.29) is 19.3 Å². The number of benzene rings is 2. The molecule has 0 radical (unpaired) electrons. The Kier molecular flexibility index (Phi) is 9.88. The number of aliphatic carboxylic acids is 2. The fourth-order valence-electron chi connectivity index (χ4n) is 3.70. The first kappa shape index (κ1) is 28.3. The molecule has 0 aliphatic heterocycles. The van der Waals surface area contributed by atoms with Gasteiger partial charge in [0, 0.05) is 24.8 Å². The van der Waals surface area contributed by atoms with Crippen LogP contribution >= 0.6 is 11.3 Å². The first-order valence-electron chi connectivity index (χ1n) is 11.9. The molecule has 6 N–H and O–H groups in total. The Hall–Kier alpha value is -4.32. The van der Waals surface area contributed by atoms with Gasteiger partial charge in [-0.2, -0.15) is 0 Å². The summed E-state index contributed by atoms with van der Waals surface area (Å²) in [4.78, 5) is 63.3. The molecule has 0 aliphatic carbocycles. The fraction of sp³-hybridized carbons (Fsp3) is 0.308. The zero-order chi connectivity index (χ0) is 27.7. The number of nitrogens with zero attached hydrogens (tertiary/aromatic N) is 1. The predicted octanol–water partition coefficient (Wildman–Crippen LogP) is 2.08. The highest BCUT2D eigenvalue weighted by Crippen LogP contribution is 2.30. The first-order chi connectivity index (χ1) is 18.1. The van der Waals surface area contributed by atoms with E-state index in [0.29, 0.717) is 6.42 Å². The number of thiazole rings is 1. The molecule has 3 rings (SSSR count). The highest BCUT2D eigenvalue weighted by atomic mass is 32.1. The maximum absolute atomic E-state index is 12.7. The van der Waals surface area contributed by atoms with Gasteiger partial charge in [-0.1, -0.05) is 36.4 Å². The minimum absolute atomic E-state index is 0.0373. The second-order valence-corrected chi connectivity index (χ2v) is 9.66. The molecule has 200 valence electrons. The van der Waals surface area contributed by atoms with E-state index in [0.717, 1.165) is 26.4 Å². The van der Waals surface area contributed by atoms with Crippen LogP contribution in [-0.2, 0) is 30.4 Å². The molecule has 3 amide bonds. The molecule has 0 spiro atoms. The summed E-state index contributed by atoms with van der Waals surface area (Å²) in [6.07, 6.45) is -0.839. The molecule has 0 bridgehead atoms. The van der Waals surface area contributed by atoms with Crippen molar-refractivity contribution in [3.8, 4) is 10.6 Å². The Morgan fingerprint density at radius 3 is 2.08 bits per heavy atom. The Balaban J connectivity index is 1.58. The lowest BCUT2D eigenvalue weighted by atomic mass is 10.1. The molecule has 12 heteroatoms. The number of amides is 3. The number of carbonyl (C=O) groups excluding carboxylic acids is 3. The van der Waals surface area contributed by atoms with Crippen LogP contribution in [0.25, 0.3) is 20.8 Å². The number of aryl methyl sites for hydroxylation is 1. The van der Waals surface area contributed by atoms with Gasteiger partial charge in [0.15, 0.2) is 0 Å². The number of para-hydroxylation sites is 1. The first-order valence-corrected chi connectivity index (χ1v) is 12.7. The van der Waals surface area contributed by atoms with E-state index in [1.165, 1.54) is 0 Å². The maximum Gasteiger partial charge on any atom is 0.303 e. The highest BCUT2D eigenvalue weighted by molar-refractivity contribution is 7.21. The Bertz CT molecular complexity index is 1290. The molecule has 11 nitrogen and oxygen atoms in total. The number of carbonyl (C=O) groups is 5. The lowest BCUT2D eigenvalue weighted by Gasteiger charge is -2.21. The molecule has 1 heterocycles. The van der Waals surface area contributed by atoms with Crippen LogP contribution in [0.15, 0.2) is 48.5 Å². The SMILES string of the molecule is NC(=O)[C@H](CCC(=O)O)NC(=O)C(CCC(=O)O)NC(=O)CCc1ccc(-c2nc3ccccc3s2)cc1. The summed E-state index contributed by atoms with van der Waals surface area (Å²) in [7, 11) is 0. The van der Waals surface area contributed by atoms with Gasteiger partial charge >= 0.3 is 11.9 Å². The van der Waals surface area contributed by atoms with Crippen LogP contribution in [0.5, 0.6) is 0 Å². The number of nitrogens with one attached hydrogen (secondary N) is 2. The van der Waals surface area contributed by atoms with Crippen molar-refractivity contribution in [1.29, 1.82) is 0 Å². The van der Waals surface area contributed by atoms with Crippen molar-refractivity contribution < 1.29 is 34.2 Å². The Morgan fingerprint density at radius 1 is 0.842 bits per heavy atom. The molecule has 0 saturated carbocycles. The molecular formula is C26H28N4O7S. The second-order valence-electron chi connectivity index (χ2n) is 8.63. The van der Waals surface area contributed by atoms with Crippen LogP contribution in [-0.4, -0.2) is 56.9 Å². The predicted molar refractivity (Wildman–Crippen MR) is 140 cm³/mol. The molecule has 2 atom stereocenters. The van der Waals surface area contributed by atoms with Crippen LogP contribution < -0.4 is 16.4 Å². The number of hydrogen-bond acceptors (Lipinski definition) is 7. The van der Waals surface area contributed by atoms with Gasteiger partial charge in [0.1, 0.15) is 17.1 Å². The number of fused-ring (bicyclic) bond motifs is 1. The summed E-state index contributed by atoms with van der Waals surface area (Å²) in [5.41, 5.74) is 8.02. The van der Waals surface area contributed by atoms with E-state index in [4.69, 9.17) is 15.9 Å². The normalized spacial score (nSPS) is 12.4. The molecule has 38 heavy (non-hydrogen) atoms. The lowest BCUT2D eigenvalue weighted by Crippen LogP contribution is -2.53. The average Bonchev–Trinajstić information content (AvgIpc) is 3.32. The number of aromatic nitrogens is 1. The minimum atomic E-state index is -1.27. The summed E-state index contributed by atoms with van der Waals surface area (Å²) < 4.78 is 1.09. The van der Waals surface area contributed by atoms with Gasteiger partial charge in [0.25, 0.3) is 0 Å². The highest BCUT2D eigenvalue weighted by Gasteiger charge is 2.26. The van der Waals surface area contributed by atoms with Gasteiger partial charge in [0.2, 0.25) is 17.7 Å². The summed E-state index contributed by atoms with van der Waals surface area (Å²) in [5, 5.41) is 23.5. The molecule has 0 aliphatic rings. The number of hydrogen-bond donors (Lipinski definition) is 5. The molecule has 1 unspecified atom stereocenters. The van der Waals surface area contributed by atoms with Crippen molar-refractivity contribution in [3.63, 3.8) is 0 Å². The fourth-order valence-corrected chi connectivity index (χ4v) is 4.67. The van der Waals surface area contributed by atoms with Crippen LogP contribution in [0, 0.1) is 0 Å². The van der Waals surface area contributed by atoms with Gasteiger partial charge in [-0.25, -0.2) is 4.98 Å². The zero-order valence-corrected chi connectivity index (χ0v) is 21.2. The third-order valence-electron chi connectivity index (χ3n) is 5.74. The Labute approximate surface area is 222 Å². The molecule has 0 saturated heterocycles. The zero-order valence-electron chi connectivity index (χ0n) is 20.4. The molecule has 2 aromatic carbocycles. The van der Waals surface area contributed by atoms with Crippen LogP contribution in [0.1, 0.15) is 37.7 Å². The van der Waals surface area contributed by atoms with Crippen molar-refractivity contribution in [2.45, 2.75) is 50.6 Å². The quantitative estimate of drug-likeness (QED) is 0.205. The molecular weight excluding hydrogens is 512 g/mol. The standard InChI is InChI=1S/C26H28N4O7S/c27-24(36)18(10-13-22(32)33)29-25(37)19(11-14-23(34)35)28-21(31)12-7-15-5-8-16(9-6-15)26-30-17-3-1-2-4-20(17)38-26/h1-6,8-9,18-19H,7,10-14H2,(H2,27,36)(H,28,31)(H,29,37)(H,32,33)(H,34,35)/t18-,19?/m0/s1. The third-order valence-corrected chi connectivity index (χ3v) is 6.83. The van der Waals surface area contributed by atoms with E-state index >= 15 is 0 Å². The topological polar surface area (TPSA) is 189 Å². The van der Waals surface area contributed by atoms with E-state index in [1.54, 1.807) is 11.3 Å². The van der Waals surface area contributed by atoms with E-state index in [9.17, 15) is 24.0 Å². The smallest absolute Gasteiger partial charge is 0.303 e. The number of primary amides is 1. The van der Waals surface area contributed by atoms with E-state index in [2.05, 4.69) is 15.6 Å². The van der Waals surface area contributed by atoms with Crippen molar-refractivity contribution in [2.75, 3.05) is 0 Å². The van der Waals surface area contributed by atoms with Crippen LogP contribution in [0.4, 0.5) is 0 Å². The summed E-state index contributed by atoms with van der Waals surface area (Å²) in [5.74, 6) is -4.56. The summed E-state index contributed by atoms with van der Waals surface area (Å²) in [6.45, 7) is 0. The van der Waals surface area contributed by atoms with Crippen molar-refractivity contribution >= 4 is 51.2 Å². The van der Waals surface area contributed by atoms with Crippen LogP contribution in [0.3, 0.4) is 0 Å². The second kappa shape index (κ2) is 13.3. The molecule has 1 aromatic heterocycles. The van der Waals surface area contributed by atoms with Gasteiger partial charge in [-0.3, -0.25) is 24.0 Å². The lowest BCUT2D eigenvalue weighted by molar-refractivity contribution is -0.139. The van der Waals surface area contributed by atoms with Crippen molar-refractivity contribution in [1.82, 2.24) is 15.6 Å². The third kappa shape index (κ3) is 8.37. The number of rotatable bonds is 14. The Morgan fingerprint density at radius 2 is 1.47 bits per heavy atom. The summed E-state index contributed by atoms with van der Waals surface area (Å²) >= 11 is 1.59. The van der Waals surface area contributed by atoms with Crippen molar-refractivity contribution in [2.24, 2.45) is 5.73 Å². The average molecular weight is 541 g/mol. The van der Waals surface area contributed by atoms with Gasteiger partial charge < -0.3 is 26.6 Å². The number of nitrogens with two attached hydrogens (primary N) is 1. The molecule has 0 fully saturated rings. The number of carboxylic acids is 2. The minimum Gasteiger partial charge on any atom is -0.481 e. The van der Waals surface area contributed by atoms with Gasteiger partial charge in [-0.05, 0) is 37.0 Å². The monoisotopic (exact) mass is 540 g/mol. The molecule has 3 aromatic rings.